The molecule has 0 fully saturated rings. The summed E-state index contributed by atoms with van der Waals surface area (Å²) in [5.41, 5.74) is 2.32. The van der Waals surface area contributed by atoms with Crippen LogP contribution < -0.4 is 5.56 Å². The van der Waals surface area contributed by atoms with Crippen LogP contribution in [0.1, 0.15) is 5.82 Å². The van der Waals surface area contributed by atoms with Crippen LogP contribution >= 0.6 is 0 Å². The van der Waals surface area contributed by atoms with Crippen LogP contribution in [0.2, 0.25) is 0 Å². The molecule has 0 bridgehead atoms. The maximum Gasteiger partial charge on any atom is 0.271 e. The first-order chi connectivity index (χ1) is 9.28. The molecule has 1 aromatic carbocycles. The number of hydrogen-bond acceptors (Lipinski definition) is 3. The molecule has 0 aliphatic rings. The molecule has 0 amide bonds. The van der Waals surface area contributed by atoms with E-state index in [-0.39, 0.29) is 5.56 Å². The minimum absolute atomic E-state index is 0.133. The molecule has 5 nitrogen and oxygen atoms in total. The number of rotatable bonds is 3. The standard InChI is InChI=1S/C14H13N3O2/c1-19-9-12-15-13-7-11(8-14(18)17(13)16-12)10-5-3-2-4-6-10/h2-8H,9H2,1H3,(H,15,16). The molecule has 0 radical (unpaired) electrons. The van der Waals surface area contributed by atoms with Crippen LogP contribution in [0.25, 0.3) is 16.8 Å². The van der Waals surface area contributed by atoms with Gasteiger partial charge >= 0.3 is 0 Å². The summed E-state index contributed by atoms with van der Waals surface area (Å²) in [7, 11) is 1.59. The lowest BCUT2D eigenvalue weighted by Gasteiger charge is -2.00. The van der Waals surface area contributed by atoms with Crippen molar-refractivity contribution in [2.45, 2.75) is 6.61 Å². The summed E-state index contributed by atoms with van der Waals surface area (Å²) < 4.78 is 6.42. The second-order valence-corrected chi connectivity index (χ2v) is 4.25. The predicted octanol–water partition coefficient (Wildman–Crippen LogP) is 1.84. The summed E-state index contributed by atoms with van der Waals surface area (Å²) in [4.78, 5) is 16.4. The van der Waals surface area contributed by atoms with Crippen molar-refractivity contribution >= 4 is 5.65 Å². The lowest BCUT2D eigenvalue weighted by atomic mass is 10.1. The van der Waals surface area contributed by atoms with E-state index in [0.717, 1.165) is 11.1 Å². The van der Waals surface area contributed by atoms with Gasteiger partial charge in [0.15, 0.2) is 5.65 Å². The largest absolute Gasteiger partial charge is 0.377 e. The van der Waals surface area contributed by atoms with Gasteiger partial charge in [-0.25, -0.2) is 9.50 Å². The first kappa shape index (κ1) is 11.7. The smallest absolute Gasteiger partial charge is 0.271 e. The number of H-pyrrole nitrogens is 1. The number of aromatic nitrogens is 3. The molecule has 3 rings (SSSR count). The molecule has 2 heterocycles. The van der Waals surface area contributed by atoms with Crippen LogP contribution in [0, 0.1) is 0 Å². The number of benzene rings is 1. The number of hydrogen-bond donors (Lipinski definition) is 1. The Balaban J connectivity index is 2.16. The molecule has 0 unspecified atom stereocenters. The van der Waals surface area contributed by atoms with E-state index in [9.17, 15) is 4.79 Å². The minimum Gasteiger partial charge on any atom is -0.377 e. The molecule has 0 saturated heterocycles. The van der Waals surface area contributed by atoms with Gasteiger partial charge in [-0.2, -0.15) is 0 Å². The summed E-state index contributed by atoms with van der Waals surface area (Å²) in [6, 6.07) is 13.2. The third-order valence-corrected chi connectivity index (χ3v) is 2.89. The third-order valence-electron chi connectivity index (χ3n) is 2.89. The molecule has 0 atom stereocenters. The van der Waals surface area contributed by atoms with E-state index in [1.54, 1.807) is 13.2 Å². The van der Waals surface area contributed by atoms with Crippen molar-refractivity contribution in [1.82, 2.24) is 14.6 Å². The zero-order valence-corrected chi connectivity index (χ0v) is 10.5. The highest BCUT2D eigenvalue weighted by Gasteiger charge is 2.07. The van der Waals surface area contributed by atoms with Gasteiger partial charge in [0.1, 0.15) is 12.4 Å². The van der Waals surface area contributed by atoms with E-state index < -0.39 is 0 Å². The van der Waals surface area contributed by atoms with E-state index in [2.05, 4.69) is 10.1 Å². The van der Waals surface area contributed by atoms with Crippen LogP contribution in [-0.2, 0) is 11.3 Å². The Hall–Kier alpha value is -2.40. The van der Waals surface area contributed by atoms with Gasteiger partial charge in [0.2, 0.25) is 0 Å². The fourth-order valence-corrected chi connectivity index (χ4v) is 2.04. The van der Waals surface area contributed by atoms with Crippen molar-refractivity contribution in [1.29, 1.82) is 0 Å². The van der Waals surface area contributed by atoms with E-state index in [4.69, 9.17) is 4.74 Å². The number of nitrogens with zero attached hydrogens (tertiary/aromatic N) is 2. The number of aromatic amines is 1. The average Bonchev–Trinajstić information content (AvgIpc) is 2.83. The summed E-state index contributed by atoms with van der Waals surface area (Å²) in [6.45, 7) is 0.349. The van der Waals surface area contributed by atoms with Crippen molar-refractivity contribution in [2.75, 3.05) is 7.11 Å². The summed E-state index contributed by atoms with van der Waals surface area (Å²) >= 11 is 0. The Kier molecular flexibility index (Phi) is 2.89. The van der Waals surface area contributed by atoms with Crippen LogP contribution in [0.3, 0.4) is 0 Å². The van der Waals surface area contributed by atoms with E-state index >= 15 is 0 Å². The molecule has 96 valence electrons. The molecular formula is C14H13N3O2. The minimum atomic E-state index is -0.133. The maximum absolute atomic E-state index is 12.0. The van der Waals surface area contributed by atoms with Gasteiger partial charge in [-0.05, 0) is 17.2 Å². The number of methoxy groups -OCH3 is 1. The quantitative estimate of drug-likeness (QED) is 0.776. The first-order valence-electron chi connectivity index (χ1n) is 5.94. The van der Waals surface area contributed by atoms with Gasteiger partial charge in [-0.15, -0.1) is 0 Å². The van der Waals surface area contributed by atoms with E-state index in [0.29, 0.717) is 18.1 Å². The molecular weight excluding hydrogens is 242 g/mol. The van der Waals surface area contributed by atoms with Crippen molar-refractivity contribution < 1.29 is 4.74 Å². The van der Waals surface area contributed by atoms with E-state index in [1.165, 1.54) is 4.52 Å². The molecule has 19 heavy (non-hydrogen) atoms. The number of pyridine rings is 1. The second-order valence-electron chi connectivity index (χ2n) is 4.25. The summed E-state index contributed by atoms with van der Waals surface area (Å²) in [5, 5.41) is 2.91. The van der Waals surface area contributed by atoms with Crippen molar-refractivity contribution in [3.63, 3.8) is 0 Å². The Morgan fingerprint density at radius 2 is 2.00 bits per heavy atom. The highest BCUT2D eigenvalue weighted by Crippen LogP contribution is 2.18. The fourth-order valence-electron chi connectivity index (χ4n) is 2.04. The maximum atomic E-state index is 12.0. The molecule has 0 saturated carbocycles. The highest BCUT2D eigenvalue weighted by molar-refractivity contribution is 5.66. The van der Waals surface area contributed by atoms with Gasteiger partial charge in [-0.1, -0.05) is 30.3 Å². The first-order valence-corrected chi connectivity index (χ1v) is 5.94. The third kappa shape index (κ3) is 2.15. The van der Waals surface area contributed by atoms with Crippen molar-refractivity contribution in [2.24, 2.45) is 0 Å². The topological polar surface area (TPSA) is 59.4 Å². The van der Waals surface area contributed by atoms with Crippen molar-refractivity contribution in [3.8, 4) is 11.1 Å². The van der Waals surface area contributed by atoms with Crippen LogP contribution in [0.5, 0.6) is 0 Å². The van der Waals surface area contributed by atoms with Gasteiger partial charge in [0.25, 0.3) is 5.56 Å². The zero-order chi connectivity index (χ0) is 13.2. The monoisotopic (exact) mass is 255 g/mol. The van der Waals surface area contributed by atoms with Crippen LogP contribution in [0.15, 0.2) is 47.3 Å². The molecule has 2 aromatic heterocycles. The predicted molar refractivity (Wildman–Crippen MR) is 72.0 cm³/mol. The molecule has 0 spiro atoms. The van der Waals surface area contributed by atoms with Gasteiger partial charge in [0, 0.05) is 13.2 Å². The summed E-state index contributed by atoms with van der Waals surface area (Å²) in [5.74, 6) is 0.629. The Morgan fingerprint density at radius 3 is 2.74 bits per heavy atom. The molecule has 3 aromatic rings. The zero-order valence-electron chi connectivity index (χ0n) is 10.5. The summed E-state index contributed by atoms with van der Waals surface area (Å²) in [6.07, 6.45) is 0. The average molecular weight is 255 g/mol. The Morgan fingerprint density at radius 1 is 1.21 bits per heavy atom. The number of fused-ring (bicyclic) bond motifs is 1. The van der Waals surface area contributed by atoms with Crippen molar-refractivity contribution in [3.05, 3.63) is 58.6 Å². The molecule has 0 aliphatic carbocycles. The Bertz CT molecular complexity index is 759. The van der Waals surface area contributed by atoms with E-state index in [1.807, 2.05) is 36.4 Å². The van der Waals surface area contributed by atoms with Crippen LogP contribution in [-0.4, -0.2) is 21.7 Å². The van der Waals surface area contributed by atoms with Crippen LogP contribution in [0.4, 0.5) is 0 Å². The SMILES string of the molecule is COCc1nc2cc(-c3ccccc3)cc(=O)n2[nH]1. The lowest BCUT2D eigenvalue weighted by molar-refractivity contribution is 0.178. The van der Waals surface area contributed by atoms with Gasteiger partial charge in [-0.3, -0.25) is 9.89 Å². The van der Waals surface area contributed by atoms with Gasteiger partial charge < -0.3 is 4.74 Å². The fraction of sp³-hybridized carbons (Fsp3) is 0.143. The highest BCUT2D eigenvalue weighted by atomic mass is 16.5. The van der Waals surface area contributed by atoms with Gasteiger partial charge in [0.05, 0.1) is 0 Å². The number of nitrogens with one attached hydrogen (secondary N) is 1. The Labute approximate surface area is 109 Å². The number of ether oxygens (including phenoxy) is 1. The molecule has 5 heteroatoms. The lowest BCUT2D eigenvalue weighted by Crippen LogP contribution is -2.12. The molecule has 1 N–H and O–H groups in total. The second kappa shape index (κ2) is 4.70. The molecule has 0 aliphatic heterocycles. The normalized spacial score (nSPS) is 11.0.